The highest BCUT2D eigenvalue weighted by Gasteiger charge is 2.30. The SMILES string of the molecule is CCCCCCCCCCCCCCCCCCCCC(=O)OC[C@H](COP(=O)(O)OC[C@@H](O)COP(=O)(O)OC[C@@H](COC(=O)CCCCCCCCCCC(C)CC)OC(=O)CCCCCCCCCCCCCC(C)C)OC(=O)CCCCCCCCCCCCCCCCC(C)CC. The number of phosphoric acid groups is 2. The molecule has 0 aromatic carbocycles. The molecule has 7 atom stereocenters. The summed E-state index contributed by atoms with van der Waals surface area (Å²) in [7, 11) is -9.93. The van der Waals surface area contributed by atoms with Gasteiger partial charge in [-0.1, -0.05) is 382 Å². The standard InChI is InChI=1S/C83H162O17P2/c1-8-11-12-13-14-15-16-17-18-19-20-21-25-30-35-43-50-57-64-80(85)93-70-78(99-82(87)66-59-52-45-36-31-26-23-22-24-29-34-41-48-55-62-75(6)9-2)72-97-101(89,90)95-68-77(84)69-96-102(91,92)98-73-79(71-94-81(86)65-58-51-44-39-38-42-49-56-63-76(7)10-3)100-83(88)67-60-53-46-37-32-27-28-33-40-47-54-61-74(4)5/h74-79,84H,8-73H2,1-7H3,(H,89,90)(H,91,92)/t75?,76?,77-,78-,79-/m1/s1. The Balaban J connectivity index is 5.27. The van der Waals surface area contributed by atoms with Crippen LogP contribution < -0.4 is 0 Å². The summed E-state index contributed by atoms with van der Waals surface area (Å²) in [5.41, 5.74) is 0. The molecule has 4 unspecified atom stereocenters. The number of unbranched alkanes of at least 4 members (excludes halogenated alkanes) is 47. The first-order valence-electron chi connectivity index (χ1n) is 42.9. The third kappa shape index (κ3) is 73.6. The average molecular weight is 1490 g/mol. The van der Waals surface area contributed by atoms with Crippen LogP contribution in [0, 0.1) is 17.8 Å². The number of aliphatic hydroxyl groups is 1. The summed E-state index contributed by atoms with van der Waals surface area (Å²) >= 11 is 0. The molecule has 19 heteroatoms. The van der Waals surface area contributed by atoms with Gasteiger partial charge in [-0.3, -0.25) is 37.3 Å². The Bertz CT molecular complexity index is 1980. The lowest BCUT2D eigenvalue weighted by atomic mass is 9.99. The fraction of sp³-hybridized carbons (Fsp3) is 0.952. The second kappa shape index (κ2) is 73.2. The van der Waals surface area contributed by atoms with Gasteiger partial charge in [0.2, 0.25) is 0 Å². The second-order valence-electron chi connectivity index (χ2n) is 30.8. The second-order valence-corrected chi connectivity index (χ2v) is 33.7. The summed E-state index contributed by atoms with van der Waals surface area (Å²) < 4.78 is 68.8. The third-order valence-corrected chi connectivity index (χ3v) is 22.0. The van der Waals surface area contributed by atoms with Crippen molar-refractivity contribution >= 4 is 39.5 Å². The van der Waals surface area contributed by atoms with Crippen LogP contribution in [-0.2, 0) is 65.4 Å². The predicted octanol–water partition coefficient (Wildman–Crippen LogP) is 24.9. The number of esters is 4. The van der Waals surface area contributed by atoms with Gasteiger partial charge in [0.1, 0.15) is 19.3 Å². The van der Waals surface area contributed by atoms with Crippen molar-refractivity contribution in [2.45, 2.75) is 452 Å². The van der Waals surface area contributed by atoms with Gasteiger partial charge in [0.15, 0.2) is 12.2 Å². The quantitative estimate of drug-likeness (QED) is 0.0222. The van der Waals surface area contributed by atoms with E-state index in [1.807, 2.05) is 0 Å². The molecule has 606 valence electrons. The van der Waals surface area contributed by atoms with Gasteiger partial charge in [0.05, 0.1) is 26.4 Å². The zero-order chi connectivity index (χ0) is 75.1. The van der Waals surface area contributed by atoms with Gasteiger partial charge in [-0.25, -0.2) is 9.13 Å². The van der Waals surface area contributed by atoms with E-state index in [0.29, 0.717) is 25.7 Å². The van der Waals surface area contributed by atoms with Crippen molar-refractivity contribution < 1.29 is 80.2 Å². The number of hydrogen-bond acceptors (Lipinski definition) is 15. The van der Waals surface area contributed by atoms with E-state index in [2.05, 4.69) is 48.5 Å². The first kappa shape index (κ1) is 100. The van der Waals surface area contributed by atoms with E-state index >= 15 is 0 Å². The van der Waals surface area contributed by atoms with E-state index in [-0.39, 0.29) is 25.7 Å². The Morgan fingerprint density at radius 1 is 0.284 bits per heavy atom. The van der Waals surface area contributed by atoms with Gasteiger partial charge in [-0.15, -0.1) is 0 Å². The van der Waals surface area contributed by atoms with Gasteiger partial charge in [-0.05, 0) is 43.4 Å². The summed E-state index contributed by atoms with van der Waals surface area (Å²) in [4.78, 5) is 73.1. The molecule has 0 heterocycles. The number of phosphoric ester groups is 2. The predicted molar refractivity (Wildman–Crippen MR) is 418 cm³/mol. The lowest BCUT2D eigenvalue weighted by Crippen LogP contribution is -2.30. The Hall–Kier alpha value is -1.94. The molecular weight excluding hydrogens is 1330 g/mol. The molecule has 0 aliphatic rings. The van der Waals surface area contributed by atoms with Crippen LogP contribution in [-0.4, -0.2) is 96.7 Å². The van der Waals surface area contributed by atoms with Crippen LogP contribution in [0.25, 0.3) is 0 Å². The fourth-order valence-corrected chi connectivity index (χ4v) is 14.4. The topological polar surface area (TPSA) is 237 Å². The van der Waals surface area contributed by atoms with E-state index < -0.39 is 97.5 Å². The zero-order valence-corrected chi connectivity index (χ0v) is 68.9. The fourth-order valence-electron chi connectivity index (χ4n) is 12.8. The molecule has 0 spiro atoms. The van der Waals surface area contributed by atoms with Crippen LogP contribution >= 0.6 is 15.6 Å². The van der Waals surface area contributed by atoms with Crippen molar-refractivity contribution in [3.8, 4) is 0 Å². The molecule has 0 aliphatic heterocycles. The highest BCUT2D eigenvalue weighted by Crippen LogP contribution is 2.45. The van der Waals surface area contributed by atoms with E-state index in [4.69, 9.17) is 37.0 Å². The average Bonchev–Trinajstić information content (AvgIpc) is 0.949. The summed E-state index contributed by atoms with van der Waals surface area (Å²) in [5.74, 6) is 0.281. The van der Waals surface area contributed by atoms with Crippen LogP contribution in [0.2, 0.25) is 0 Å². The van der Waals surface area contributed by atoms with Crippen LogP contribution in [0.1, 0.15) is 434 Å². The molecule has 0 bridgehead atoms. The van der Waals surface area contributed by atoms with Crippen LogP contribution in [0.3, 0.4) is 0 Å². The van der Waals surface area contributed by atoms with Crippen molar-refractivity contribution in [3.05, 3.63) is 0 Å². The van der Waals surface area contributed by atoms with Crippen LogP contribution in [0.4, 0.5) is 0 Å². The number of carbonyl (C=O) groups is 4. The minimum Gasteiger partial charge on any atom is -0.462 e. The maximum absolute atomic E-state index is 13.1. The number of aliphatic hydroxyl groups excluding tert-OH is 1. The molecule has 0 fully saturated rings. The maximum Gasteiger partial charge on any atom is 0.472 e. The van der Waals surface area contributed by atoms with Gasteiger partial charge < -0.3 is 33.8 Å². The zero-order valence-electron chi connectivity index (χ0n) is 67.1. The third-order valence-electron chi connectivity index (χ3n) is 20.1. The highest BCUT2D eigenvalue weighted by molar-refractivity contribution is 7.47. The molecule has 0 aromatic rings. The lowest BCUT2D eigenvalue weighted by Gasteiger charge is -2.21. The van der Waals surface area contributed by atoms with E-state index in [1.165, 1.54) is 244 Å². The van der Waals surface area contributed by atoms with Gasteiger partial charge in [-0.2, -0.15) is 0 Å². The van der Waals surface area contributed by atoms with Crippen molar-refractivity contribution in [2.24, 2.45) is 17.8 Å². The minimum atomic E-state index is -4.96. The molecule has 0 rings (SSSR count). The molecule has 3 N–H and O–H groups in total. The summed E-state index contributed by atoms with van der Waals surface area (Å²) in [5, 5.41) is 10.7. The molecule has 102 heavy (non-hydrogen) atoms. The highest BCUT2D eigenvalue weighted by atomic mass is 31.2. The molecule has 0 saturated carbocycles. The number of carbonyl (C=O) groups excluding carboxylic acids is 4. The first-order valence-corrected chi connectivity index (χ1v) is 45.9. The van der Waals surface area contributed by atoms with E-state index in [1.54, 1.807) is 0 Å². The summed E-state index contributed by atoms with van der Waals surface area (Å²) in [6, 6.07) is 0. The largest absolute Gasteiger partial charge is 0.472 e. The number of hydrogen-bond donors (Lipinski definition) is 3. The minimum absolute atomic E-state index is 0.106. The van der Waals surface area contributed by atoms with Crippen molar-refractivity contribution in [1.82, 2.24) is 0 Å². The van der Waals surface area contributed by atoms with Crippen molar-refractivity contribution in [2.75, 3.05) is 39.6 Å². The molecule has 0 amide bonds. The Morgan fingerprint density at radius 3 is 0.745 bits per heavy atom. The molecule has 0 aromatic heterocycles. The van der Waals surface area contributed by atoms with Crippen LogP contribution in [0.5, 0.6) is 0 Å². The molecular formula is C83H162O17P2. The molecule has 0 saturated heterocycles. The van der Waals surface area contributed by atoms with Gasteiger partial charge in [0.25, 0.3) is 0 Å². The first-order chi connectivity index (χ1) is 49.3. The summed E-state index contributed by atoms with van der Waals surface area (Å²) in [6.45, 7) is 12.0. The molecule has 0 radical (unpaired) electrons. The van der Waals surface area contributed by atoms with E-state index in [9.17, 15) is 43.2 Å². The number of ether oxygens (including phenoxy) is 4. The van der Waals surface area contributed by atoms with Crippen molar-refractivity contribution in [1.29, 1.82) is 0 Å². The van der Waals surface area contributed by atoms with Crippen molar-refractivity contribution in [3.63, 3.8) is 0 Å². The van der Waals surface area contributed by atoms with Crippen LogP contribution in [0.15, 0.2) is 0 Å². The smallest absolute Gasteiger partial charge is 0.462 e. The number of rotatable bonds is 81. The molecule has 17 nitrogen and oxygen atoms in total. The monoisotopic (exact) mass is 1490 g/mol. The Labute approximate surface area is 626 Å². The Morgan fingerprint density at radius 2 is 0.500 bits per heavy atom. The Kier molecular flexibility index (Phi) is 71.8. The summed E-state index contributed by atoms with van der Waals surface area (Å²) in [6.07, 6.45) is 62.3. The molecule has 0 aliphatic carbocycles. The van der Waals surface area contributed by atoms with Gasteiger partial charge >= 0.3 is 39.5 Å². The normalized spacial score (nSPS) is 14.5. The van der Waals surface area contributed by atoms with Gasteiger partial charge in [0, 0.05) is 25.7 Å². The van der Waals surface area contributed by atoms with E-state index in [0.717, 1.165) is 108 Å². The maximum atomic E-state index is 13.1. The lowest BCUT2D eigenvalue weighted by molar-refractivity contribution is -0.161.